The standard InChI is InChI=1S/C19H22ClN3O2/c1-14(23-9-11-25-12-10-23)19(24)22-18(16-3-2-8-21-13-16)15-4-6-17(20)7-5-15/h2-8,13-14,18H,9-12H2,1H3,(H,22,24)/t14-,18+/m0/s1. The number of ether oxygens (including phenoxy) is 1. The van der Waals surface area contributed by atoms with Crippen molar-refractivity contribution < 1.29 is 9.53 Å². The fourth-order valence-corrected chi connectivity index (χ4v) is 3.08. The highest BCUT2D eigenvalue weighted by Crippen LogP contribution is 2.23. The van der Waals surface area contributed by atoms with Crippen molar-refractivity contribution in [2.24, 2.45) is 0 Å². The maximum Gasteiger partial charge on any atom is 0.237 e. The fraction of sp³-hybridized carbons (Fsp3) is 0.368. The van der Waals surface area contributed by atoms with Gasteiger partial charge in [0.05, 0.1) is 25.3 Å². The number of nitrogens with zero attached hydrogens (tertiary/aromatic N) is 2. The van der Waals surface area contributed by atoms with Crippen LogP contribution in [0.25, 0.3) is 0 Å². The summed E-state index contributed by atoms with van der Waals surface area (Å²) in [5, 5.41) is 3.83. The normalized spacial score (nSPS) is 17.7. The molecule has 132 valence electrons. The van der Waals surface area contributed by atoms with Crippen LogP contribution in [0.2, 0.25) is 5.02 Å². The SMILES string of the molecule is C[C@@H](C(=O)N[C@H](c1ccc(Cl)cc1)c1cccnc1)N1CCOCC1. The lowest BCUT2D eigenvalue weighted by Gasteiger charge is -2.32. The van der Waals surface area contributed by atoms with Crippen LogP contribution in [-0.2, 0) is 9.53 Å². The minimum absolute atomic E-state index is 0.00861. The molecule has 2 atom stereocenters. The molecule has 1 fully saturated rings. The Kier molecular flexibility index (Phi) is 6.02. The Hall–Kier alpha value is -1.95. The molecule has 0 unspecified atom stereocenters. The van der Waals surface area contributed by atoms with E-state index < -0.39 is 0 Å². The molecule has 1 N–H and O–H groups in total. The third kappa shape index (κ3) is 4.57. The number of halogens is 1. The van der Waals surface area contributed by atoms with Gasteiger partial charge in [-0.3, -0.25) is 14.7 Å². The Balaban J connectivity index is 1.79. The van der Waals surface area contributed by atoms with Gasteiger partial charge >= 0.3 is 0 Å². The molecule has 1 saturated heterocycles. The predicted molar refractivity (Wildman–Crippen MR) is 97.5 cm³/mol. The van der Waals surface area contributed by atoms with E-state index in [0.717, 1.165) is 24.2 Å². The number of nitrogens with one attached hydrogen (secondary N) is 1. The van der Waals surface area contributed by atoms with E-state index in [0.29, 0.717) is 18.2 Å². The van der Waals surface area contributed by atoms with Crippen molar-refractivity contribution in [1.82, 2.24) is 15.2 Å². The third-order valence-corrected chi connectivity index (χ3v) is 4.73. The van der Waals surface area contributed by atoms with Crippen LogP contribution < -0.4 is 5.32 Å². The first kappa shape index (κ1) is 17.9. The molecule has 0 spiro atoms. The summed E-state index contributed by atoms with van der Waals surface area (Å²) in [5.74, 6) is -0.00861. The van der Waals surface area contributed by atoms with Gasteiger partial charge in [0.25, 0.3) is 0 Å². The molecule has 1 aromatic carbocycles. The Morgan fingerprint density at radius 1 is 1.20 bits per heavy atom. The van der Waals surface area contributed by atoms with Gasteiger partial charge in [-0.05, 0) is 36.2 Å². The molecule has 1 aliphatic rings. The van der Waals surface area contributed by atoms with E-state index >= 15 is 0 Å². The van der Waals surface area contributed by atoms with Crippen LogP contribution in [0.3, 0.4) is 0 Å². The molecule has 1 aromatic heterocycles. The Morgan fingerprint density at radius 3 is 2.56 bits per heavy atom. The number of aromatic nitrogens is 1. The Morgan fingerprint density at radius 2 is 1.92 bits per heavy atom. The van der Waals surface area contributed by atoms with Gasteiger partial charge in [0, 0.05) is 30.5 Å². The molecule has 25 heavy (non-hydrogen) atoms. The number of rotatable bonds is 5. The zero-order valence-corrected chi connectivity index (χ0v) is 14.9. The average molecular weight is 360 g/mol. The van der Waals surface area contributed by atoms with Gasteiger partial charge in [-0.1, -0.05) is 29.8 Å². The van der Waals surface area contributed by atoms with Crippen molar-refractivity contribution in [2.45, 2.75) is 19.0 Å². The van der Waals surface area contributed by atoms with Crippen LogP contribution in [0.1, 0.15) is 24.1 Å². The summed E-state index contributed by atoms with van der Waals surface area (Å²) in [5.41, 5.74) is 1.91. The number of carbonyl (C=O) groups excluding carboxylic acids is 1. The first-order valence-electron chi connectivity index (χ1n) is 8.42. The number of morpholine rings is 1. The lowest BCUT2D eigenvalue weighted by atomic mass is 9.99. The van der Waals surface area contributed by atoms with Crippen LogP contribution >= 0.6 is 11.6 Å². The minimum atomic E-state index is -0.262. The van der Waals surface area contributed by atoms with E-state index in [2.05, 4.69) is 15.2 Å². The summed E-state index contributed by atoms with van der Waals surface area (Å²) in [7, 11) is 0. The fourth-order valence-electron chi connectivity index (χ4n) is 2.95. The summed E-state index contributed by atoms with van der Waals surface area (Å²) in [6.45, 7) is 4.81. The summed E-state index contributed by atoms with van der Waals surface area (Å²) in [6, 6.07) is 10.9. The number of amides is 1. The molecule has 0 saturated carbocycles. The van der Waals surface area contributed by atoms with Crippen molar-refractivity contribution in [1.29, 1.82) is 0 Å². The van der Waals surface area contributed by atoms with E-state index in [-0.39, 0.29) is 18.0 Å². The van der Waals surface area contributed by atoms with Crippen LogP contribution in [0.5, 0.6) is 0 Å². The molecule has 1 aliphatic heterocycles. The molecule has 0 radical (unpaired) electrons. The lowest BCUT2D eigenvalue weighted by molar-refractivity contribution is -0.128. The molecule has 3 rings (SSSR count). The van der Waals surface area contributed by atoms with Crippen LogP contribution in [0.4, 0.5) is 0 Å². The maximum atomic E-state index is 12.8. The van der Waals surface area contributed by atoms with Gasteiger partial charge in [-0.2, -0.15) is 0 Å². The van der Waals surface area contributed by atoms with Crippen molar-refractivity contribution in [2.75, 3.05) is 26.3 Å². The molecule has 1 amide bonds. The van der Waals surface area contributed by atoms with E-state index in [1.165, 1.54) is 0 Å². The number of hydrogen-bond donors (Lipinski definition) is 1. The Labute approximate surface area is 153 Å². The summed E-state index contributed by atoms with van der Waals surface area (Å²) in [6.07, 6.45) is 3.50. The molecule has 2 heterocycles. The van der Waals surface area contributed by atoms with E-state index in [1.807, 2.05) is 43.3 Å². The van der Waals surface area contributed by atoms with Gasteiger partial charge in [-0.15, -0.1) is 0 Å². The first-order chi connectivity index (χ1) is 12.1. The van der Waals surface area contributed by atoms with E-state index in [1.54, 1.807) is 12.4 Å². The molecular weight excluding hydrogens is 338 g/mol. The molecule has 0 bridgehead atoms. The van der Waals surface area contributed by atoms with E-state index in [4.69, 9.17) is 16.3 Å². The van der Waals surface area contributed by atoms with E-state index in [9.17, 15) is 4.79 Å². The number of carbonyl (C=O) groups is 1. The predicted octanol–water partition coefficient (Wildman–Crippen LogP) is 2.66. The molecule has 5 nitrogen and oxygen atoms in total. The van der Waals surface area contributed by atoms with Gasteiger partial charge < -0.3 is 10.1 Å². The summed E-state index contributed by atoms with van der Waals surface area (Å²) < 4.78 is 5.37. The van der Waals surface area contributed by atoms with Gasteiger partial charge in [0.15, 0.2) is 0 Å². The quantitative estimate of drug-likeness (QED) is 0.891. The second-order valence-corrected chi connectivity index (χ2v) is 6.54. The van der Waals surface area contributed by atoms with Crippen molar-refractivity contribution in [3.05, 3.63) is 64.9 Å². The lowest BCUT2D eigenvalue weighted by Crippen LogP contribution is -2.50. The topological polar surface area (TPSA) is 54.5 Å². The molecule has 2 aromatic rings. The second kappa shape index (κ2) is 8.43. The monoisotopic (exact) mass is 359 g/mol. The van der Waals surface area contributed by atoms with Crippen molar-refractivity contribution >= 4 is 17.5 Å². The van der Waals surface area contributed by atoms with Gasteiger partial charge in [-0.25, -0.2) is 0 Å². The minimum Gasteiger partial charge on any atom is -0.379 e. The highest BCUT2D eigenvalue weighted by molar-refractivity contribution is 6.30. The average Bonchev–Trinajstić information content (AvgIpc) is 2.67. The van der Waals surface area contributed by atoms with Crippen LogP contribution in [0, 0.1) is 0 Å². The van der Waals surface area contributed by atoms with Gasteiger partial charge in [0.2, 0.25) is 5.91 Å². The summed E-state index contributed by atoms with van der Waals surface area (Å²) >= 11 is 6.00. The van der Waals surface area contributed by atoms with Gasteiger partial charge in [0.1, 0.15) is 0 Å². The highest BCUT2D eigenvalue weighted by Gasteiger charge is 2.26. The van der Waals surface area contributed by atoms with Crippen molar-refractivity contribution in [3.8, 4) is 0 Å². The number of benzene rings is 1. The Bertz CT molecular complexity index is 688. The number of hydrogen-bond acceptors (Lipinski definition) is 4. The smallest absolute Gasteiger partial charge is 0.237 e. The largest absolute Gasteiger partial charge is 0.379 e. The zero-order chi connectivity index (χ0) is 17.6. The van der Waals surface area contributed by atoms with Crippen LogP contribution in [0.15, 0.2) is 48.8 Å². The molecule has 0 aliphatic carbocycles. The van der Waals surface area contributed by atoms with Crippen molar-refractivity contribution in [3.63, 3.8) is 0 Å². The molecular formula is C19H22ClN3O2. The highest BCUT2D eigenvalue weighted by atomic mass is 35.5. The molecule has 6 heteroatoms. The number of pyridine rings is 1. The van der Waals surface area contributed by atoms with Crippen LogP contribution in [-0.4, -0.2) is 48.1 Å². The zero-order valence-electron chi connectivity index (χ0n) is 14.2. The summed E-state index contributed by atoms with van der Waals surface area (Å²) in [4.78, 5) is 19.2. The first-order valence-corrected chi connectivity index (χ1v) is 8.80. The maximum absolute atomic E-state index is 12.8. The second-order valence-electron chi connectivity index (χ2n) is 6.10. The third-order valence-electron chi connectivity index (χ3n) is 4.48.